The number of nitrogens with one attached hydrogen (secondary N) is 1. The number of fused-ring (bicyclic) bond motifs is 1. The van der Waals surface area contributed by atoms with Crippen LogP contribution in [0, 0.1) is 5.92 Å². The fourth-order valence-electron chi connectivity index (χ4n) is 3.55. The fraction of sp³-hybridized carbons (Fsp3) is 0.588. The first kappa shape index (κ1) is 13.5. The summed E-state index contributed by atoms with van der Waals surface area (Å²) >= 11 is 1.89. The Morgan fingerprint density at radius 1 is 1.29 bits per heavy atom. The summed E-state index contributed by atoms with van der Waals surface area (Å²) in [7, 11) is 0. The summed E-state index contributed by atoms with van der Waals surface area (Å²) in [6.07, 6.45) is 5.27. The zero-order chi connectivity index (χ0) is 14.3. The molecule has 2 aliphatic heterocycles. The van der Waals surface area contributed by atoms with Crippen LogP contribution in [0.2, 0.25) is 0 Å². The number of thioether (sulfide) groups is 1. The van der Waals surface area contributed by atoms with Gasteiger partial charge in [0.2, 0.25) is 0 Å². The number of rotatable bonds is 1. The molecule has 0 aromatic heterocycles. The van der Waals surface area contributed by atoms with Crippen LogP contribution >= 0.6 is 11.8 Å². The van der Waals surface area contributed by atoms with Crippen molar-refractivity contribution in [1.29, 1.82) is 0 Å². The Balaban J connectivity index is 1.49. The number of ether oxygens (including phenoxy) is 1. The van der Waals surface area contributed by atoms with Crippen molar-refractivity contribution < 1.29 is 4.74 Å². The average molecular weight is 302 g/mol. The van der Waals surface area contributed by atoms with Crippen molar-refractivity contribution in [1.82, 2.24) is 5.32 Å². The second-order valence-corrected chi connectivity index (χ2v) is 7.64. The van der Waals surface area contributed by atoms with Crippen molar-refractivity contribution in [3.63, 3.8) is 0 Å². The zero-order valence-electron chi connectivity index (χ0n) is 12.5. The Labute approximate surface area is 130 Å². The summed E-state index contributed by atoms with van der Waals surface area (Å²) in [6, 6.07) is 8.42. The third-order valence-electron chi connectivity index (χ3n) is 5.04. The van der Waals surface area contributed by atoms with Gasteiger partial charge in [-0.3, -0.25) is 4.99 Å². The molecule has 1 aromatic rings. The summed E-state index contributed by atoms with van der Waals surface area (Å²) in [5, 5.41) is 4.86. The first-order chi connectivity index (χ1) is 10.2. The van der Waals surface area contributed by atoms with E-state index in [1.165, 1.54) is 37.0 Å². The summed E-state index contributed by atoms with van der Waals surface area (Å²) in [4.78, 5) is 4.93. The first-order valence-electron chi connectivity index (χ1n) is 7.95. The topological polar surface area (TPSA) is 33.6 Å². The van der Waals surface area contributed by atoms with Gasteiger partial charge in [0.15, 0.2) is 5.17 Å². The van der Waals surface area contributed by atoms with Gasteiger partial charge < -0.3 is 10.1 Å². The minimum absolute atomic E-state index is 0.161. The van der Waals surface area contributed by atoms with Gasteiger partial charge in [-0.15, -0.1) is 0 Å². The van der Waals surface area contributed by atoms with Gasteiger partial charge in [0, 0.05) is 16.9 Å². The van der Waals surface area contributed by atoms with Crippen LogP contribution in [0.3, 0.4) is 0 Å². The maximum absolute atomic E-state index is 5.73. The molecule has 1 saturated carbocycles. The second kappa shape index (κ2) is 5.24. The lowest BCUT2D eigenvalue weighted by Crippen LogP contribution is -2.46. The van der Waals surface area contributed by atoms with Crippen LogP contribution in [0.25, 0.3) is 0 Å². The molecule has 0 radical (unpaired) electrons. The molecule has 3 nitrogen and oxygen atoms in total. The Bertz CT molecular complexity index is 564. The van der Waals surface area contributed by atoms with Gasteiger partial charge in [-0.25, -0.2) is 0 Å². The van der Waals surface area contributed by atoms with Crippen LogP contribution in [0.5, 0.6) is 5.75 Å². The SMILES string of the molecule is CC1CCC2(CC1)CSC(=NC1COc3ccccc31)N2. The molecule has 2 heterocycles. The predicted octanol–water partition coefficient (Wildman–Crippen LogP) is 3.76. The molecule has 3 aliphatic rings. The quantitative estimate of drug-likeness (QED) is 0.857. The number of hydrogen-bond acceptors (Lipinski definition) is 3. The van der Waals surface area contributed by atoms with E-state index in [2.05, 4.69) is 24.4 Å². The van der Waals surface area contributed by atoms with Gasteiger partial charge in [0.1, 0.15) is 18.4 Å². The molecule has 1 N–H and O–H groups in total. The molecular formula is C17H22N2OS. The summed E-state index contributed by atoms with van der Waals surface area (Å²) in [5.74, 6) is 3.06. The predicted molar refractivity (Wildman–Crippen MR) is 88.1 cm³/mol. The van der Waals surface area contributed by atoms with Crippen molar-refractivity contribution in [2.45, 2.75) is 44.2 Å². The van der Waals surface area contributed by atoms with E-state index in [0.717, 1.165) is 16.8 Å². The van der Waals surface area contributed by atoms with Gasteiger partial charge in [-0.05, 0) is 37.7 Å². The van der Waals surface area contributed by atoms with Crippen molar-refractivity contribution >= 4 is 16.9 Å². The molecular weight excluding hydrogens is 280 g/mol. The van der Waals surface area contributed by atoms with E-state index in [1.54, 1.807) is 0 Å². The van der Waals surface area contributed by atoms with Crippen molar-refractivity contribution in [2.75, 3.05) is 12.4 Å². The van der Waals surface area contributed by atoms with Gasteiger partial charge in [-0.1, -0.05) is 36.9 Å². The molecule has 112 valence electrons. The zero-order valence-corrected chi connectivity index (χ0v) is 13.3. The maximum Gasteiger partial charge on any atom is 0.157 e. The van der Waals surface area contributed by atoms with Crippen molar-refractivity contribution in [3.05, 3.63) is 29.8 Å². The molecule has 4 rings (SSSR count). The first-order valence-corrected chi connectivity index (χ1v) is 8.93. The number of aliphatic imine (C=N–C) groups is 1. The molecule has 1 saturated heterocycles. The minimum Gasteiger partial charge on any atom is -0.491 e. The highest BCUT2D eigenvalue weighted by Crippen LogP contribution is 2.40. The Morgan fingerprint density at radius 3 is 2.95 bits per heavy atom. The lowest BCUT2D eigenvalue weighted by molar-refractivity contribution is 0.250. The average Bonchev–Trinajstić information content (AvgIpc) is 3.09. The lowest BCUT2D eigenvalue weighted by atomic mass is 9.78. The molecule has 1 spiro atoms. The van der Waals surface area contributed by atoms with Gasteiger partial charge in [-0.2, -0.15) is 0 Å². The maximum atomic E-state index is 5.73. The van der Waals surface area contributed by atoms with Crippen LogP contribution in [-0.4, -0.2) is 23.1 Å². The van der Waals surface area contributed by atoms with Crippen LogP contribution < -0.4 is 10.1 Å². The highest BCUT2D eigenvalue weighted by Gasteiger charge is 2.40. The van der Waals surface area contributed by atoms with E-state index < -0.39 is 0 Å². The largest absolute Gasteiger partial charge is 0.491 e. The summed E-state index contributed by atoms with van der Waals surface area (Å²) in [5.41, 5.74) is 1.54. The molecule has 21 heavy (non-hydrogen) atoms. The number of benzene rings is 1. The van der Waals surface area contributed by atoms with Gasteiger partial charge in [0.05, 0.1) is 0 Å². The molecule has 1 unspecified atom stereocenters. The minimum atomic E-state index is 0.161. The van der Waals surface area contributed by atoms with E-state index in [-0.39, 0.29) is 6.04 Å². The van der Waals surface area contributed by atoms with Crippen LogP contribution in [0.4, 0.5) is 0 Å². The lowest BCUT2D eigenvalue weighted by Gasteiger charge is -2.35. The van der Waals surface area contributed by atoms with Crippen LogP contribution in [0.1, 0.15) is 44.2 Å². The van der Waals surface area contributed by atoms with E-state index in [9.17, 15) is 0 Å². The van der Waals surface area contributed by atoms with Crippen molar-refractivity contribution in [2.24, 2.45) is 10.9 Å². The smallest absolute Gasteiger partial charge is 0.157 e. The molecule has 1 aliphatic carbocycles. The summed E-state index contributed by atoms with van der Waals surface area (Å²) in [6.45, 7) is 3.05. The molecule has 2 fully saturated rings. The monoisotopic (exact) mass is 302 g/mol. The molecule has 0 amide bonds. The number of hydrogen-bond donors (Lipinski definition) is 1. The highest BCUT2D eigenvalue weighted by molar-refractivity contribution is 8.14. The second-order valence-electron chi connectivity index (χ2n) is 6.68. The number of para-hydroxylation sites is 1. The van der Waals surface area contributed by atoms with Crippen LogP contribution in [0.15, 0.2) is 29.3 Å². The molecule has 1 atom stereocenters. The number of amidine groups is 1. The summed E-state index contributed by atoms with van der Waals surface area (Å²) < 4.78 is 5.73. The van der Waals surface area contributed by atoms with Gasteiger partial charge in [0.25, 0.3) is 0 Å². The molecule has 1 aromatic carbocycles. The Morgan fingerprint density at radius 2 is 2.10 bits per heavy atom. The number of nitrogens with zero attached hydrogens (tertiary/aromatic N) is 1. The van der Waals surface area contributed by atoms with Crippen LogP contribution in [-0.2, 0) is 0 Å². The Hall–Kier alpha value is -1.16. The third kappa shape index (κ3) is 2.54. The van der Waals surface area contributed by atoms with E-state index in [1.807, 2.05) is 23.9 Å². The standard InChI is InChI=1S/C17H22N2OS/c1-12-6-8-17(9-7-12)11-21-16(19-17)18-14-10-20-15-5-3-2-4-13(14)15/h2-5,12,14H,6-11H2,1H3,(H,18,19). The van der Waals surface area contributed by atoms with Gasteiger partial charge >= 0.3 is 0 Å². The highest BCUT2D eigenvalue weighted by atomic mass is 32.2. The van der Waals surface area contributed by atoms with E-state index in [0.29, 0.717) is 12.1 Å². The Kier molecular flexibility index (Phi) is 3.37. The molecule has 0 bridgehead atoms. The fourth-order valence-corrected chi connectivity index (χ4v) is 4.82. The molecule has 4 heteroatoms. The van der Waals surface area contributed by atoms with E-state index >= 15 is 0 Å². The third-order valence-corrected chi connectivity index (χ3v) is 6.21. The normalized spacial score (nSPS) is 36.5. The van der Waals surface area contributed by atoms with Crippen molar-refractivity contribution in [3.8, 4) is 5.75 Å². The van der Waals surface area contributed by atoms with E-state index in [4.69, 9.17) is 9.73 Å².